The molecule has 1 aliphatic rings. The van der Waals surface area contributed by atoms with Crippen LogP contribution in [0.3, 0.4) is 0 Å². The van der Waals surface area contributed by atoms with Crippen molar-refractivity contribution in [3.8, 4) is 5.75 Å². The lowest BCUT2D eigenvalue weighted by Crippen LogP contribution is -2.42. The SMILES string of the molecule is CCOc1ccccc1NC(=O)[C@@H]1CC(=O)n2ncnc2N1. The van der Waals surface area contributed by atoms with Gasteiger partial charge in [0.25, 0.3) is 5.91 Å². The van der Waals surface area contributed by atoms with Gasteiger partial charge in [0, 0.05) is 0 Å². The second kappa shape index (κ2) is 5.84. The van der Waals surface area contributed by atoms with Crippen molar-refractivity contribution in [2.45, 2.75) is 19.4 Å². The highest BCUT2D eigenvalue weighted by atomic mass is 16.5. The fourth-order valence-electron chi connectivity index (χ4n) is 2.22. The van der Waals surface area contributed by atoms with Crippen LogP contribution in [-0.4, -0.2) is 39.2 Å². The molecule has 2 aromatic rings. The molecule has 3 rings (SSSR count). The molecule has 1 aromatic carbocycles. The molecule has 2 N–H and O–H groups in total. The van der Waals surface area contributed by atoms with Gasteiger partial charge >= 0.3 is 0 Å². The van der Waals surface area contributed by atoms with Crippen LogP contribution in [0.5, 0.6) is 5.75 Å². The minimum atomic E-state index is -0.695. The molecule has 0 radical (unpaired) electrons. The van der Waals surface area contributed by atoms with E-state index in [-0.39, 0.29) is 24.2 Å². The summed E-state index contributed by atoms with van der Waals surface area (Å²) in [6.45, 7) is 2.36. The average molecular weight is 301 g/mol. The Morgan fingerprint density at radius 2 is 2.32 bits per heavy atom. The first-order valence-electron chi connectivity index (χ1n) is 6.91. The molecule has 0 unspecified atom stereocenters. The summed E-state index contributed by atoms with van der Waals surface area (Å²) in [7, 11) is 0. The van der Waals surface area contributed by atoms with Crippen LogP contribution in [0.2, 0.25) is 0 Å². The Morgan fingerprint density at radius 1 is 1.50 bits per heavy atom. The molecule has 1 aliphatic heterocycles. The number of carbonyl (C=O) groups is 2. The van der Waals surface area contributed by atoms with E-state index in [4.69, 9.17) is 4.74 Å². The molecule has 1 atom stereocenters. The largest absolute Gasteiger partial charge is 0.492 e. The quantitative estimate of drug-likeness (QED) is 0.878. The number of benzene rings is 1. The molecule has 0 spiro atoms. The lowest BCUT2D eigenvalue weighted by atomic mass is 10.1. The molecule has 8 nitrogen and oxygen atoms in total. The Balaban J connectivity index is 1.75. The molecule has 1 aromatic heterocycles. The van der Waals surface area contributed by atoms with E-state index >= 15 is 0 Å². The Hall–Kier alpha value is -2.90. The van der Waals surface area contributed by atoms with E-state index in [0.717, 1.165) is 4.68 Å². The molecule has 1 amide bonds. The molecule has 8 heteroatoms. The van der Waals surface area contributed by atoms with Crippen molar-refractivity contribution in [3.05, 3.63) is 30.6 Å². The maximum absolute atomic E-state index is 12.4. The Morgan fingerprint density at radius 3 is 3.14 bits per heavy atom. The number of anilines is 2. The maximum Gasteiger partial charge on any atom is 0.252 e. The number of nitrogens with zero attached hydrogens (tertiary/aromatic N) is 3. The standard InChI is InChI=1S/C14H15N5O3/c1-2-22-11-6-4-3-5-9(11)17-13(21)10-7-12(20)19-14(18-10)15-8-16-19/h3-6,8,10H,2,7H2,1H3,(H,17,21)(H,15,16,18)/t10-/m0/s1. The van der Waals surface area contributed by atoms with E-state index in [0.29, 0.717) is 18.0 Å². The van der Waals surface area contributed by atoms with E-state index in [9.17, 15) is 9.59 Å². The molecule has 0 fully saturated rings. The Bertz CT molecular complexity index is 712. The number of fused-ring (bicyclic) bond motifs is 1. The summed E-state index contributed by atoms with van der Waals surface area (Å²) in [4.78, 5) is 28.2. The van der Waals surface area contributed by atoms with E-state index in [1.165, 1.54) is 6.33 Å². The summed E-state index contributed by atoms with van der Waals surface area (Å²) in [5, 5.41) is 9.46. The molecule has 0 aliphatic carbocycles. The number of aromatic nitrogens is 3. The predicted molar refractivity (Wildman–Crippen MR) is 78.9 cm³/mol. The highest BCUT2D eigenvalue weighted by molar-refractivity contribution is 6.01. The van der Waals surface area contributed by atoms with Crippen LogP contribution < -0.4 is 15.4 Å². The number of hydrogen-bond donors (Lipinski definition) is 2. The van der Waals surface area contributed by atoms with Gasteiger partial charge in [-0.25, -0.2) is 0 Å². The zero-order valence-electron chi connectivity index (χ0n) is 11.9. The van der Waals surface area contributed by atoms with Crippen LogP contribution in [0, 0.1) is 0 Å². The molecule has 22 heavy (non-hydrogen) atoms. The van der Waals surface area contributed by atoms with Crippen LogP contribution in [0.1, 0.15) is 18.1 Å². The van der Waals surface area contributed by atoms with Gasteiger partial charge in [-0.3, -0.25) is 9.59 Å². The summed E-state index contributed by atoms with van der Waals surface area (Å²) >= 11 is 0. The first kappa shape index (κ1) is 14.1. The van der Waals surface area contributed by atoms with Gasteiger partial charge in [-0.1, -0.05) is 12.1 Å². The number of nitrogens with one attached hydrogen (secondary N) is 2. The highest BCUT2D eigenvalue weighted by Crippen LogP contribution is 2.24. The average Bonchev–Trinajstić information content (AvgIpc) is 2.98. The van der Waals surface area contributed by atoms with Crippen LogP contribution in [-0.2, 0) is 4.79 Å². The van der Waals surface area contributed by atoms with Gasteiger partial charge in [-0.05, 0) is 19.1 Å². The first-order chi connectivity index (χ1) is 10.7. The van der Waals surface area contributed by atoms with Crippen LogP contribution in [0.4, 0.5) is 11.6 Å². The van der Waals surface area contributed by atoms with Gasteiger partial charge in [-0.15, -0.1) is 0 Å². The van der Waals surface area contributed by atoms with Crippen LogP contribution >= 0.6 is 0 Å². The third-order valence-electron chi connectivity index (χ3n) is 3.23. The van der Waals surface area contributed by atoms with Gasteiger partial charge < -0.3 is 15.4 Å². The Kier molecular flexibility index (Phi) is 3.73. The van der Waals surface area contributed by atoms with Gasteiger partial charge in [0.2, 0.25) is 11.9 Å². The fraction of sp³-hybridized carbons (Fsp3) is 0.286. The molecule has 2 heterocycles. The minimum absolute atomic E-state index is 0.0129. The van der Waals surface area contributed by atoms with Gasteiger partial charge in [0.1, 0.15) is 18.1 Å². The van der Waals surface area contributed by atoms with E-state index in [1.807, 2.05) is 13.0 Å². The van der Waals surface area contributed by atoms with Gasteiger partial charge in [0.15, 0.2) is 0 Å². The summed E-state index contributed by atoms with van der Waals surface area (Å²) in [5.41, 5.74) is 0.565. The number of amides is 1. The summed E-state index contributed by atoms with van der Waals surface area (Å²) in [6.07, 6.45) is 1.28. The van der Waals surface area contributed by atoms with E-state index in [1.54, 1.807) is 18.2 Å². The normalized spacial score (nSPS) is 16.6. The zero-order valence-corrected chi connectivity index (χ0v) is 11.9. The summed E-state index contributed by atoms with van der Waals surface area (Å²) in [6, 6.07) is 6.45. The fourth-order valence-corrected chi connectivity index (χ4v) is 2.22. The zero-order chi connectivity index (χ0) is 15.5. The van der Waals surface area contributed by atoms with Crippen molar-refractivity contribution in [1.29, 1.82) is 0 Å². The molecule has 0 bridgehead atoms. The van der Waals surface area contributed by atoms with Crippen molar-refractivity contribution in [2.75, 3.05) is 17.2 Å². The highest BCUT2D eigenvalue weighted by Gasteiger charge is 2.31. The number of rotatable bonds is 4. The monoisotopic (exact) mass is 301 g/mol. The van der Waals surface area contributed by atoms with E-state index < -0.39 is 6.04 Å². The van der Waals surface area contributed by atoms with Crippen LogP contribution in [0.25, 0.3) is 0 Å². The van der Waals surface area contributed by atoms with Crippen molar-refractivity contribution < 1.29 is 14.3 Å². The maximum atomic E-state index is 12.4. The van der Waals surface area contributed by atoms with Crippen molar-refractivity contribution in [1.82, 2.24) is 14.8 Å². The van der Waals surface area contributed by atoms with Crippen molar-refractivity contribution >= 4 is 23.5 Å². The number of carbonyl (C=O) groups excluding carboxylic acids is 2. The number of para-hydroxylation sites is 2. The van der Waals surface area contributed by atoms with Crippen LogP contribution in [0.15, 0.2) is 30.6 Å². The first-order valence-corrected chi connectivity index (χ1v) is 6.91. The van der Waals surface area contributed by atoms with E-state index in [2.05, 4.69) is 20.7 Å². The second-order valence-corrected chi connectivity index (χ2v) is 4.71. The number of hydrogen-bond acceptors (Lipinski definition) is 6. The van der Waals surface area contributed by atoms with Gasteiger partial charge in [0.05, 0.1) is 18.7 Å². The van der Waals surface area contributed by atoms with Crippen molar-refractivity contribution in [2.24, 2.45) is 0 Å². The predicted octanol–water partition coefficient (Wildman–Crippen LogP) is 1.14. The molecule has 0 saturated heterocycles. The summed E-state index contributed by atoms with van der Waals surface area (Å²) < 4.78 is 6.61. The molecular weight excluding hydrogens is 286 g/mol. The topological polar surface area (TPSA) is 98.1 Å². The third-order valence-corrected chi connectivity index (χ3v) is 3.23. The lowest BCUT2D eigenvalue weighted by Gasteiger charge is -2.22. The Labute approximate surface area is 126 Å². The lowest BCUT2D eigenvalue weighted by molar-refractivity contribution is -0.117. The van der Waals surface area contributed by atoms with Gasteiger partial charge in [-0.2, -0.15) is 14.8 Å². The molecule has 0 saturated carbocycles. The minimum Gasteiger partial charge on any atom is -0.492 e. The third kappa shape index (κ3) is 2.62. The van der Waals surface area contributed by atoms with Crippen molar-refractivity contribution in [3.63, 3.8) is 0 Å². The molecular formula is C14H15N5O3. The number of ether oxygens (including phenoxy) is 1. The second-order valence-electron chi connectivity index (χ2n) is 4.71. The summed E-state index contributed by atoms with van der Waals surface area (Å²) in [5.74, 6) is 0.261. The molecule has 114 valence electrons. The smallest absolute Gasteiger partial charge is 0.252 e.